The summed E-state index contributed by atoms with van der Waals surface area (Å²) in [6, 6.07) is 17.4. The van der Waals surface area contributed by atoms with E-state index in [-0.39, 0.29) is 28.9 Å². The predicted octanol–water partition coefficient (Wildman–Crippen LogP) is 5.26. The van der Waals surface area contributed by atoms with E-state index < -0.39 is 0 Å². The number of hydroxylamine groups is 2. The molecule has 1 unspecified atom stereocenters. The van der Waals surface area contributed by atoms with Crippen molar-refractivity contribution in [2.45, 2.75) is 76.9 Å². The molecule has 32 heavy (non-hydrogen) atoms. The molecule has 170 valence electrons. The molecule has 0 spiro atoms. The fourth-order valence-corrected chi connectivity index (χ4v) is 5.65. The second kappa shape index (κ2) is 8.80. The molecule has 1 atom stereocenters. The lowest BCUT2D eigenvalue weighted by Crippen LogP contribution is -2.66. The minimum Gasteiger partial charge on any atom is -0.298 e. The van der Waals surface area contributed by atoms with Crippen LogP contribution in [0.5, 0.6) is 0 Å². The quantitative estimate of drug-likeness (QED) is 0.558. The van der Waals surface area contributed by atoms with Crippen LogP contribution in [0, 0.1) is 0 Å². The SMILES string of the molecule is CCC1(CC)CC(N2C(=O)c3ccccc3C2=O)CC(C)(C)N1OCCc1ccccc1. The Labute approximate surface area is 191 Å². The summed E-state index contributed by atoms with van der Waals surface area (Å²) in [6.45, 7) is 9.29. The lowest BCUT2D eigenvalue weighted by molar-refractivity contribution is -0.296. The van der Waals surface area contributed by atoms with Crippen molar-refractivity contribution in [3.63, 3.8) is 0 Å². The number of nitrogens with zero attached hydrogens (tertiary/aromatic N) is 2. The number of fused-ring (bicyclic) bond motifs is 1. The van der Waals surface area contributed by atoms with E-state index in [1.165, 1.54) is 10.5 Å². The minimum atomic E-state index is -0.318. The van der Waals surface area contributed by atoms with Gasteiger partial charge in [-0.05, 0) is 63.6 Å². The van der Waals surface area contributed by atoms with Crippen LogP contribution in [-0.2, 0) is 11.3 Å². The van der Waals surface area contributed by atoms with Crippen molar-refractivity contribution in [2.24, 2.45) is 0 Å². The number of rotatable bonds is 7. The minimum absolute atomic E-state index is 0.147. The number of benzene rings is 2. The molecule has 0 bridgehead atoms. The molecule has 1 fully saturated rings. The normalized spacial score (nSPS) is 22.2. The van der Waals surface area contributed by atoms with Gasteiger partial charge in [0, 0.05) is 17.1 Å². The maximum atomic E-state index is 13.2. The Morgan fingerprint density at radius 1 is 0.875 bits per heavy atom. The molecule has 2 aromatic rings. The molecule has 2 heterocycles. The summed E-state index contributed by atoms with van der Waals surface area (Å²) < 4.78 is 0. The summed E-state index contributed by atoms with van der Waals surface area (Å²) in [5, 5.41) is 2.19. The first-order chi connectivity index (χ1) is 15.3. The van der Waals surface area contributed by atoms with E-state index in [4.69, 9.17) is 4.84 Å². The van der Waals surface area contributed by atoms with Gasteiger partial charge in [-0.1, -0.05) is 56.3 Å². The highest BCUT2D eigenvalue weighted by Gasteiger charge is 2.54. The maximum Gasteiger partial charge on any atom is 0.261 e. The standard InChI is InChI=1S/C27H34N2O3/c1-5-27(6-2)19-21(28-24(30)22-14-10-11-15-23(22)25(28)31)18-26(3,4)29(27)32-17-16-20-12-8-7-9-13-20/h7-15,21H,5-6,16-19H2,1-4H3. The van der Waals surface area contributed by atoms with Crippen molar-refractivity contribution in [1.82, 2.24) is 9.96 Å². The maximum absolute atomic E-state index is 13.2. The lowest BCUT2D eigenvalue weighted by atomic mass is 9.73. The van der Waals surface area contributed by atoms with E-state index in [2.05, 4.69) is 57.0 Å². The van der Waals surface area contributed by atoms with Crippen LogP contribution < -0.4 is 0 Å². The fraction of sp³-hybridized carbons (Fsp3) is 0.481. The molecule has 0 radical (unpaired) electrons. The number of imide groups is 1. The van der Waals surface area contributed by atoms with Gasteiger partial charge in [0.25, 0.3) is 11.8 Å². The molecule has 1 saturated heterocycles. The van der Waals surface area contributed by atoms with Crippen LogP contribution in [0.4, 0.5) is 0 Å². The molecule has 2 aliphatic heterocycles. The molecule has 2 amide bonds. The number of carbonyl (C=O) groups is 2. The summed E-state index contributed by atoms with van der Waals surface area (Å²) >= 11 is 0. The highest BCUT2D eigenvalue weighted by molar-refractivity contribution is 6.21. The van der Waals surface area contributed by atoms with Gasteiger partial charge in [-0.2, -0.15) is 5.06 Å². The van der Waals surface area contributed by atoms with Gasteiger partial charge in [0.1, 0.15) is 0 Å². The zero-order valence-corrected chi connectivity index (χ0v) is 19.6. The van der Waals surface area contributed by atoms with Crippen molar-refractivity contribution in [2.75, 3.05) is 6.61 Å². The van der Waals surface area contributed by atoms with Crippen LogP contribution in [-0.4, -0.2) is 45.5 Å². The summed E-state index contributed by atoms with van der Waals surface area (Å²) in [7, 11) is 0. The van der Waals surface area contributed by atoms with Gasteiger partial charge in [-0.25, -0.2) is 0 Å². The molecule has 5 nitrogen and oxygen atoms in total. The van der Waals surface area contributed by atoms with Gasteiger partial charge >= 0.3 is 0 Å². The van der Waals surface area contributed by atoms with Crippen molar-refractivity contribution in [3.8, 4) is 0 Å². The van der Waals surface area contributed by atoms with E-state index >= 15 is 0 Å². The Morgan fingerprint density at radius 3 is 2.00 bits per heavy atom. The van der Waals surface area contributed by atoms with Crippen LogP contribution in [0.25, 0.3) is 0 Å². The van der Waals surface area contributed by atoms with Crippen LogP contribution >= 0.6 is 0 Å². The molecule has 2 aliphatic rings. The van der Waals surface area contributed by atoms with Crippen LogP contribution in [0.3, 0.4) is 0 Å². The van der Waals surface area contributed by atoms with E-state index in [9.17, 15) is 9.59 Å². The molecule has 0 saturated carbocycles. The first-order valence-corrected chi connectivity index (χ1v) is 11.8. The molecule has 0 aromatic heterocycles. The molecule has 5 heteroatoms. The third kappa shape index (κ3) is 3.89. The van der Waals surface area contributed by atoms with Gasteiger partial charge < -0.3 is 0 Å². The van der Waals surface area contributed by atoms with Crippen molar-refractivity contribution in [3.05, 3.63) is 71.3 Å². The van der Waals surface area contributed by atoms with Crippen LogP contribution in [0.2, 0.25) is 0 Å². The van der Waals surface area contributed by atoms with E-state index in [0.717, 1.165) is 25.7 Å². The zero-order valence-electron chi connectivity index (χ0n) is 19.6. The topological polar surface area (TPSA) is 49.9 Å². The highest BCUT2D eigenvalue weighted by Crippen LogP contribution is 2.45. The monoisotopic (exact) mass is 434 g/mol. The van der Waals surface area contributed by atoms with Gasteiger partial charge in [0.2, 0.25) is 0 Å². The number of carbonyl (C=O) groups excluding carboxylic acids is 2. The second-order valence-electron chi connectivity index (χ2n) is 9.70. The Balaban J connectivity index is 1.56. The average molecular weight is 435 g/mol. The lowest BCUT2D eigenvalue weighted by Gasteiger charge is -2.57. The predicted molar refractivity (Wildman–Crippen MR) is 125 cm³/mol. The van der Waals surface area contributed by atoms with Crippen molar-refractivity contribution >= 4 is 11.8 Å². The largest absolute Gasteiger partial charge is 0.298 e. The van der Waals surface area contributed by atoms with E-state index in [0.29, 0.717) is 24.2 Å². The number of amides is 2. The van der Waals surface area contributed by atoms with E-state index in [1.807, 2.05) is 18.2 Å². The van der Waals surface area contributed by atoms with Crippen molar-refractivity contribution < 1.29 is 14.4 Å². The zero-order chi connectivity index (χ0) is 22.9. The van der Waals surface area contributed by atoms with Gasteiger partial charge in [0.05, 0.1) is 17.7 Å². The Morgan fingerprint density at radius 2 is 1.44 bits per heavy atom. The third-order valence-corrected chi connectivity index (χ3v) is 7.29. The summed E-state index contributed by atoms with van der Waals surface area (Å²) in [5.41, 5.74) is 1.75. The molecule has 0 aliphatic carbocycles. The number of piperidine rings is 1. The molecular weight excluding hydrogens is 400 g/mol. The molecular formula is C27H34N2O3. The Kier molecular flexibility index (Phi) is 6.24. The number of hydrogen-bond acceptors (Lipinski definition) is 4. The summed E-state index contributed by atoms with van der Waals surface area (Å²) in [4.78, 5) is 34.3. The van der Waals surface area contributed by atoms with E-state index in [1.54, 1.807) is 12.1 Å². The van der Waals surface area contributed by atoms with Crippen LogP contribution in [0.15, 0.2) is 54.6 Å². The summed E-state index contributed by atoms with van der Waals surface area (Å²) in [5.74, 6) is -0.322. The van der Waals surface area contributed by atoms with Crippen molar-refractivity contribution in [1.29, 1.82) is 0 Å². The van der Waals surface area contributed by atoms with Gasteiger partial charge in [0.15, 0.2) is 0 Å². The second-order valence-corrected chi connectivity index (χ2v) is 9.70. The van der Waals surface area contributed by atoms with Gasteiger partial charge in [-0.3, -0.25) is 19.3 Å². The number of hydrogen-bond donors (Lipinski definition) is 0. The highest BCUT2D eigenvalue weighted by atomic mass is 16.7. The summed E-state index contributed by atoms with van der Waals surface area (Å²) in [6.07, 6.45) is 4.03. The molecule has 0 N–H and O–H groups in total. The van der Waals surface area contributed by atoms with Crippen LogP contribution in [0.1, 0.15) is 79.7 Å². The first-order valence-electron chi connectivity index (χ1n) is 11.8. The Hall–Kier alpha value is -2.50. The molecule has 2 aromatic carbocycles. The fourth-order valence-electron chi connectivity index (χ4n) is 5.65. The third-order valence-electron chi connectivity index (χ3n) is 7.29. The Bertz CT molecular complexity index is 946. The van der Waals surface area contributed by atoms with Gasteiger partial charge in [-0.15, -0.1) is 0 Å². The first kappa shape index (κ1) is 22.7. The average Bonchev–Trinajstić information content (AvgIpc) is 3.05. The smallest absolute Gasteiger partial charge is 0.261 e. The molecule has 4 rings (SSSR count).